The fraction of sp³-hybridized carbons (Fsp3) is 0.916. The molecule has 6 aliphatic carbocycles. The number of nitrogens with one attached hydrogen (secondary N) is 4. The molecule has 6 N–H and O–H groups in total. The first-order valence-electron chi connectivity index (χ1n) is 52.2. The van der Waals surface area contributed by atoms with Gasteiger partial charge in [-0.15, -0.1) is 0 Å². The minimum atomic E-state index is -0.722. The van der Waals surface area contributed by atoms with Crippen molar-refractivity contribution in [2.24, 2.45) is 38.2 Å². The number of likely N-dealkylation sites (tertiary alicyclic amines) is 6. The number of ketones is 6. The number of Topliss-reactive ketones (excluding diaryl/α,β-unsaturated/α-hetero) is 6. The van der Waals surface area contributed by atoms with Crippen LogP contribution in [0.1, 0.15) is 412 Å². The summed E-state index contributed by atoms with van der Waals surface area (Å²) in [5, 5.41) is 12.0. The van der Waals surface area contributed by atoms with Gasteiger partial charge in [0, 0.05) is 74.8 Å². The van der Waals surface area contributed by atoms with Gasteiger partial charge in [-0.25, -0.2) is 14.4 Å². The van der Waals surface area contributed by atoms with Crippen molar-refractivity contribution in [2.45, 2.75) is 498 Å². The van der Waals surface area contributed by atoms with Crippen molar-refractivity contribution in [1.82, 2.24) is 55.6 Å². The predicted molar refractivity (Wildman–Crippen MR) is 532 cm³/mol. The Morgan fingerprint density at radius 1 is 0.282 bits per heavy atom. The zero-order valence-electron chi connectivity index (χ0n) is 89.3. The first-order valence-corrected chi connectivity index (χ1v) is 52.2. The topological polar surface area (TPSA) is 278 Å². The van der Waals surface area contributed by atoms with Gasteiger partial charge in [0.2, 0.25) is 0 Å². The molecule has 6 saturated heterocycles. The molecule has 0 aromatic rings. The van der Waals surface area contributed by atoms with Crippen LogP contribution in [0.25, 0.3) is 0 Å². The van der Waals surface area contributed by atoms with Gasteiger partial charge in [0.15, 0.2) is 34.7 Å². The van der Waals surface area contributed by atoms with E-state index in [0.29, 0.717) is 79.3 Å². The van der Waals surface area contributed by atoms with E-state index in [9.17, 15) is 43.2 Å². The fourth-order valence-corrected chi connectivity index (χ4v) is 21.5. The minimum absolute atomic E-state index is 0.0354. The number of hydrogen-bond donors (Lipinski definition) is 5. The van der Waals surface area contributed by atoms with E-state index in [0.717, 1.165) is 252 Å². The van der Waals surface area contributed by atoms with Crippen LogP contribution < -0.4 is 27.0 Å². The van der Waals surface area contributed by atoms with Crippen LogP contribution in [0, 0.1) is 32.5 Å². The fourth-order valence-electron chi connectivity index (χ4n) is 21.5. The maximum atomic E-state index is 13.3. The van der Waals surface area contributed by atoms with Gasteiger partial charge < -0.3 is 70.6 Å². The summed E-state index contributed by atoms with van der Waals surface area (Å²) in [6.45, 7) is 70.1. The van der Waals surface area contributed by atoms with E-state index in [1.54, 1.807) is 0 Å². The summed E-state index contributed by atoms with van der Waals surface area (Å²) in [7, 11) is 6.09. The van der Waals surface area contributed by atoms with Crippen LogP contribution in [0.2, 0.25) is 0 Å². The highest BCUT2D eigenvalue weighted by molar-refractivity contribution is 5.96. The Balaban J connectivity index is 0.000000216. The molecule has 756 valence electrons. The second kappa shape index (κ2) is 46.0. The number of carbonyl (C=O) groups excluding carboxylic acids is 9. The SMILES string of the molecule is CC(C)N1CCC(C)(CC(=O)C2(N(C)C)CCC2)CC1.CC(C)N1CCC(C)(CC(=O)C2(N)CC2)CC1.CC(C)N1CCC(C)(CC(=O)C2(NC(=O)OC(C)(C)C)CC2)CC1.CC(C)N1CCC(C)(CC(=O)C2(NC(=O)OC(C)(C)C)CCC2)CC1.CC(C)N1CCC(C)(CC(=O)C2(NC(=O)OC(C)(C)C)CCCC2)CC1.CNC1(C(=O)CC2(C)CCN(C(C)C)CC2)CCC1. The lowest BCUT2D eigenvalue weighted by Crippen LogP contribution is -2.60. The molecule has 3 amide bonds. The molecule has 0 aromatic carbocycles. The number of hydrogen-bond acceptors (Lipinski definition) is 21. The molecule has 0 unspecified atom stereocenters. The summed E-state index contributed by atoms with van der Waals surface area (Å²) in [5.41, 5.74) is 2.29. The molecule has 12 rings (SSSR count). The molecule has 0 aromatic heterocycles. The average molecular weight is 1840 g/mol. The molecule has 6 heterocycles. The Morgan fingerprint density at radius 2 is 0.473 bits per heavy atom. The summed E-state index contributed by atoms with van der Waals surface area (Å²) in [6, 6.07) is 3.58. The van der Waals surface area contributed by atoms with Crippen LogP contribution in [0.4, 0.5) is 14.4 Å². The van der Waals surface area contributed by atoms with Gasteiger partial charge in [0.05, 0.1) is 16.6 Å². The highest BCUT2D eigenvalue weighted by Crippen LogP contribution is 2.49. The maximum Gasteiger partial charge on any atom is 0.408 e. The van der Waals surface area contributed by atoms with E-state index < -0.39 is 57.2 Å². The lowest BCUT2D eigenvalue weighted by Gasteiger charge is -2.48. The van der Waals surface area contributed by atoms with Crippen LogP contribution in [0.3, 0.4) is 0 Å². The number of alkyl carbamates (subject to hydrolysis) is 3. The monoisotopic (exact) mass is 1840 g/mol. The number of carbonyl (C=O) groups is 9. The number of piperidine rings is 6. The number of rotatable bonds is 29. The zero-order valence-corrected chi connectivity index (χ0v) is 89.3. The third kappa shape index (κ3) is 33.4. The van der Waals surface area contributed by atoms with Crippen molar-refractivity contribution < 1.29 is 57.4 Å². The van der Waals surface area contributed by atoms with E-state index in [1.165, 1.54) is 25.7 Å². The maximum absolute atomic E-state index is 13.3. The van der Waals surface area contributed by atoms with E-state index in [2.05, 4.69) is 194 Å². The van der Waals surface area contributed by atoms with Crippen molar-refractivity contribution in [1.29, 1.82) is 0 Å². The van der Waals surface area contributed by atoms with Crippen LogP contribution in [0.15, 0.2) is 0 Å². The third-order valence-corrected chi connectivity index (χ3v) is 33.3. The van der Waals surface area contributed by atoms with E-state index in [-0.39, 0.29) is 60.9 Å². The van der Waals surface area contributed by atoms with Crippen molar-refractivity contribution in [3.63, 3.8) is 0 Å². The summed E-state index contributed by atoms with van der Waals surface area (Å²) < 4.78 is 16.1. The van der Waals surface area contributed by atoms with Gasteiger partial charge in [-0.05, 0) is 451 Å². The van der Waals surface area contributed by atoms with E-state index in [1.807, 2.05) is 69.4 Å². The normalized spacial score (nSPS) is 24.4. The molecule has 6 aliphatic heterocycles. The second-order valence-corrected chi connectivity index (χ2v) is 50.6. The Morgan fingerprint density at radius 3 is 0.634 bits per heavy atom. The smallest absolute Gasteiger partial charge is 0.408 e. The lowest BCUT2D eigenvalue weighted by molar-refractivity contribution is -0.138. The first kappa shape index (κ1) is 113. The Bertz CT molecular complexity index is 3670. The number of ether oxygens (including phenoxy) is 3. The molecule has 24 heteroatoms. The van der Waals surface area contributed by atoms with Gasteiger partial charge in [-0.3, -0.25) is 33.7 Å². The summed E-state index contributed by atoms with van der Waals surface area (Å²) in [5.74, 6) is 1.81. The highest BCUT2D eigenvalue weighted by atomic mass is 16.6. The zero-order chi connectivity index (χ0) is 98.4. The van der Waals surface area contributed by atoms with Crippen LogP contribution >= 0.6 is 0 Å². The number of amides is 3. The molecule has 0 spiro atoms. The van der Waals surface area contributed by atoms with Crippen molar-refractivity contribution in [3.05, 3.63) is 0 Å². The summed E-state index contributed by atoms with van der Waals surface area (Å²) in [6.07, 6.45) is 31.4. The summed E-state index contributed by atoms with van der Waals surface area (Å²) in [4.78, 5) is 130. The van der Waals surface area contributed by atoms with Crippen molar-refractivity contribution >= 4 is 53.0 Å². The van der Waals surface area contributed by atoms with Crippen molar-refractivity contribution in [3.8, 4) is 0 Å². The standard InChI is InChI=1S/C21H38N2O3.C20H36N2O3.C19H34N2O3.C17H32N2O.C16H30N2O.C14H26N2O/c1-16(2)23-13-11-20(6,12-14-23)15-17(24)21(9-7-8-10-21)22-18(25)26-19(3,4)5;1-15(2)22-12-10-19(6,11-13-22)14-16(23)20(8-7-9-20)21-17(24)25-18(3,4)5;1-14(2)21-11-9-18(6,10-12-21)13-15(22)19(7-8-19)20-16(23)24-17(3,4)5;1-14(2)19-11-9-16(3,10-12-19)13-15(20)17(18(4)5)7-6-8-17;1-13(2)18-10-8-15(3,9-11-18)12-14(19)16(17-4)6-5-7-16;1-11(2)16-8-6-13(3,7-9-16)10-12(17)14(15)4-5-14/h16H,7-15H2,1-6H3,(H,22,25);15H,7-14H2,1-6H3,(H,21,24);14H,7-13H2,1-6H3,(H,20,23);14H,6-13H2,1-5H3;13,17H,5-12H2,1-4H3;11H,4-10,15H2,1-3H3. The molecule has 12 aliphatic rings. The number of nitrogens with two attached hydrogens (primary N) is 1. The van der Waals surface area contributed by atoms with Gasteiger partial charge >= 0.3 is 18.3 Å². The number of nitrogens with zero attached hydrogens (tertiary/aromatic N) is 7. The Hall–Kier alpha value is -4.53. The van der Waals surface area contributed by atoms with Crippen LogP contribution in [-0.4, -0.2) is 273 Å². The molecule has 6 saturated carbocycles. The van der Waals surface area contributed by atoms with Gasteiger partial charge in [-0.1, -0.05) is 54.4 Å². The Kier molecular flexibility index (Phi) is 39.9. The molecule has 0 atom stereocenters. The van der Waals surface area contributed by atoms with Crippen LogP contribution in [0.5, 0.6) is 0 Å². The molecule has 0 bridgehead atoms. The first-order chi connectivity index (χ1) is 60.4. The third-order valence-electron chi connectivity index (χ3n) is 33.3. The van der Waals surface area contributed by atoms with Gasteiger partial charge in [0.1, 0.15) is 33.4 Å². The Labute approximate surface area is 797 Å². The molecule has 12 fully saturated rings. The molecular formula is C107H196N12O12. The molecular weight excluding hydrogens is 1650 g/mol. The second-order valence-electron chi connectivity index (χ2n) is 50.6. The van der Waals surface area contributed by atoms with E-state index in [4.69, 9.17) is 19.9 Å². The highest BCUT2D eigenvalue weighted by Gasteiger charge is 2.56. The van der Waals surface area contributed by atoms with Crippen LogP contribution in [-0.2, 0) is 43.0 Å². The quantitative estimate of drug-likeness (QED) is 0.0435. The van der Waals surface area contributed by atoms with E-state index >= 15 is 0 Å². The lowest BCUT2D eigenvalue weighted by atomic mass is 9.66. The van der Waals surface area contributed by atoms with Gasteiger partial charge in [0.25, 0.3) is 0 Å². The average Bonchev–Trinajstić information content (AvgIpc) is 1.57. The van der Waals surface area contributed by atoms with Crippen molar-refractivity contribution in [2.75, 3.05) is 99.7 Å². The molecule has 0 radical (unpaired) electrons. The summed E-state index contributed by atoms with van der Waals surface area (Å²) >= 11 is 0. The minimum Gasteiger partial charge on any atom is -0.444 e. The predicted octanol–water partition coefficient (Wildman–Crippen LogP) is 19.2. The van der Waals surface area contributed by atoms with Gasteiger partial charge in [-0.2, -0.15) is 0 Å². The molecule has 24 nitrogen and oxygen atoms in total. The molecule has 131 heavy (non-hydrogen) atoms. The number of likely N-dealkylation sites (N-methyl/N-ethyl adjacent to an activating group) is 2. The largest absolute Gasteiger partial charge is 0.444 e.